The van der Waals surface area contributed by atoms with Crippen molar-refractivity contribution in [3.8, 4) is 17.2 Å². The number of fused-ring (bicyclic) bond motifs is 1. The summed E-state index contributed by atoms with van der Waals surface area (Å²) in [4.78, 5) is 14.7. The number of hydrogen-bond acceptors (Lipinski definition) is 9. The summed E-state index contributed by atoms with van der Waals surface area (Å²) in [5, 5.41) is 15.8. The highest BCUT2D eigenvalue weighted by molar-refractivity contribution is 7.09. The van der Waals surface area contributed by atoms with E-state index in [4.69, 9.17) is 19.9 Å². The van der Waals surface area contributed by atoms with E-state index in [0.29, 0.717) is 23.5 Å². The molecule has 0 amide bonds. The van der Waals surface area contributed by atoms with E-state index in [1.54, 1.807) is 53.8 Å². The summed E-state index contributed by atoms with van der Waals surface area (Å²) >= 11 is 1.78. The topological polar surface area (TPSA) is 125 Å². The lowest BCUT2D eigenvalue weighted by Gasteiger charge is -2.33. The summed E-state index contributed by atoms with van der Waals surface area (Å²) in [5.41, 5.74) is 5.67. The van der Waals surface area contributed by atoms with Crippen molar-refractivity contribution in [3.05, 3.63) is 81.8 Å². The van der Waals surface area contributed by atoms with Crippen LogP contribution in [-0.2, 0) is 12.1 Å². The number of carbonyl (C=O) groups is 1. The van der Waals surface area contributed by atoms with Crippen LogP contribution in [0.4, 0.5) is 0 Å². The molecule has 10 heteroatoms. The minimum absolute atomic E-state index is 0.0173. The summed E-state index contributed by atoms with van der Waals surface area (Å²) < 4.78 is 17.6. The first-order valence-corrected chi connectivity index (χ1v) is 11.8. The Morgan fingerprint density at radius 3 is 2.79 bits per heavy atom. The summed E-state index contributed by atoms with van der Waals surface area (Å²) in [6, 6.07) is 16.4. The number of aromatic nitrogens is 4. The van der Waals surface area contributed by atoms with E-state index in [-0.39, 0.29) is 24.0 Å². The molecule has 0 saturated carbocycles. The van der Waals surface area contributed by atoms with Crippen molar-refractivity contribution in [1.82, 2.24) is 20.6 Å². The molecule has 1 aliphatic heterocycles. The Morgan fingerprint density at radius 2 is 2.03 bits per heavy atom. The van der Waals surface area contributed by atoms with Crippen LogP contribution in [0.3, 0.4) is 0 Å². The number of ether oxygens (including phenoxy) is 3. The highest BCUT2D eigenvalue weighted by Gasteiger charge is 2.41. The number of rotatable bonds is 9. The molecule has 0 saturated heterocycles. The summed E-state index contributed by atoms with van der Waals surface area (Å²) in [5.74, 6) is 1.31. The van der Waals surface area contributed by atoms with Crippen LogP contribution in [0.5, 0.6) is 17.2 Å². The van der Waals surface area contributed by atoms with Gasteiger partial charge in [-0.05, 0) is 72.3 Å². The number of hydrogen-bond donors (Lipinski definition) is 2. The van der Waals surface area contributed by atoms with E-state index in [9.17, 15) is 4.79 Å². The quantitative estimate of drug-likeness (QED) is 0.277. The van der Waals surface area contributed by atoms with E-state index in [1.165, 1.54) is 4.88 Å². The van der Waals surface area contributed by atoms with Crippen LogP contribution in [-0.4, -0.2) is 39.6 Å². The standard InChI is InChI=1S/C24H23N5O4S/c25-24(23-26-28-29-27-23)15-32-20-8-3-7-19(22(20)33-24)21(30)16-9-11-17(12-10-16)31-13-2-1-5-18-6-4-14-34-18/h3-4,6-12,14H,1-2,5,13,15,25H2,(H,26,27,28,29). The molecule has 4 aromatic rings. The average molecular weight is 478 g/mol. The van der Waals surface area contributed by atoms with Crippen LogP contribution < -0.4 is 19.9 Å². The van der Waals surface area contributed by atoms with Crippen molar-refractivity contribution in [1.29, 1.82) is 0 Å². The monoisotopic (exact) mass is 477 g/mol. The van der Waals surface area contributed by atoms with E-state index >= 15 is 0 Å². The molecule has 0 spiro atoms. The van der Waals surface area contributed by atoms with E-state index in [1.807, 2.05) is 0 Å². The van der Waals surface area contributed by atoms with Gasteiger partial charge in [-0.1, -0.05) is 12.1 Å². The van der Waals surface area contributed by atoms with Crippen molar-refractivity contribution >= 4 is 17.1 Å². The lowest BCUT2D eigenvalue weighted by atomic mass is 10.0. The summed E-state index contributed by atoms with van der Waals surface area (Å²) in [6.45, 7) is 0.612. The number of carbonyl (C=O) groups excluding carboxylic acids is 1. The number of nitrogens with zero attached hydrogens (tertiary/aromatic N) is 3. The van der Waals surface area contributed by atoms with E-state index in [0.717, 1.165) is 25.0 Å². The number of thiophene rings is 1. The molecule has 0 radical (unpaired) electrons. The zero-order valence-electron chi connectivity index (χ0n) is 18.3. The van der Waals surface area contributed by atoms with Crippen LogP contribution in [0, 0.1) is 0 Å². The first kappa shape index (κ1) is 22.1. The molecule has 3 N–H and O–H groups in total. The fourth-order valence-electron chi connectivity index (χ4n) is 3.67. The maximum atomic E-state index is 13.3. The Kier molecular flexibility index (Phi) is 6.24. The Labute approximate surface area is 199 Å². The van der Waals surface area contributed by atoms with Gasteiger partial charge in [-0.3, -0.25) is 10.5 Å². The molecule has 0 bridgehead atoms. The molecule has 2 aromatic carbocycles. The number of aryl methyl sites for hydroxylation is 1. The molecule has 2 aromatic heterocycles. The highest BCUT2D eigenvalue weighted by Crippen LogP contribution is 2.40. The number of H-pyrrole nitrogens is 1. The molecule has 1 unspecified atom stereocenters. The molecule has 0 fully saturated rings. The van der Waals surface area contributed by atoms with Gasteiger partial charge in [0.05, 0.1) is 12.2 Å². The highest BCUT2D eigenvalue weighted by atomic mass is 32.1. The van der Waals surface area contributed by atoms with Gasteiger partial charge in [-0.2, -0.15) is 5.21 Å². The molecule has 0 aliphatic carbocycles. The number of nitrogens with one attached hydrogen (secondary N) is 1. The zero-order chi connectivity index (χ0) is 23.4. The molecule has 3 heterocycles. The second-order valence-corrected chi connectivity index (χ2v) is 8.92. The number of tetrazole rings is 1. The van der Waals surface area contributed by atoms with Crippen molar-refractivity contribution in [2.75, 3.05) is 13.2 Å². The molecule has 174 valence electrons. The van der Waals surface area contributed by atoms with Crippen LogP contribution >= 0.6 is 11.3 Å². The van der Waals surface area contributed by atoms with Gasteiger partial charge in [-0.25, -0.2) is 0 Å². The van der Waals surface area contributed by atoms with Crippen LogP contribution in [0.2, 0.25) is 0 Å². The molecule has 1 aliphatic rings. The maximum Gasteiger partial charge on any atom is 0.257 e. The molecular formula is C24H23N5O4S. The van der Waals surface area contributed by atoms with Gasteiger partial charge >= 0.3 is 0 Å². The fourth-order valence-corrected chi connectivity index (χ4v) is 4.42. The summed E-state index contributed by atoms with van der Waals surface area (Å²) in [7, 11) is 0. The normalized spacial score (nSPS) is 16.9. The number of aromatic amines is 1. The van der Waals surface area contributed by atoms with Gasteiger partial charge < -0.3 is 14.2 Å². The van der Waals surface area contributed by atoms with E-state index in [2.05, 4.69) is 38.1 Å². The van der Waals surface area contributed by atoms with Gasteiger partial charge in [0, 0.05) is 10.4 Å². The Hall–Kier alpha value is -3.76. The van der Waals surface area contributed by atoms with Gasteiger partial charge in [0.1, 0.15) is 12.4 Å². The van der Waals surface area contributed by atoms with Gasteiger partial charge in [0.15, 0.2) is 17.3 Å². The second kappa shape index (κ2) is 9.62. The van der Waals surface area contributed by atoms with Gasteiger partial charge in [0.2, 0.25) is 5.82 Å². The predicted molar refractivity (Wildman–Crippen MR) is 125 cm³/mol. The molecule has 5 rings (SSSR count). The number of benzene rings is 2. The minimum Gasteiger partial charge on any atom is -0.494 e. The molecule has 34 heavy (non-hydrogen) atoms. The van der Waals surface area contributed by atoms with Crippen LogP contribution in [0.25, 0.3) is 0 Å². The second-order valence-electron chi connectivity index (χ2n) is 7.89. The third-order valence-electron chi connectivity index (χ3n) is 5.46. The lowest BCUT2D eigenvalue weighted by molar-refractivity contribution is -0.0154. The minimum atomic E-state index is -1.46. The molecule has 9 nitrogen and oxygen atoms in total. The largest absolute Gasteiger partial charge is 0.494 e. The first-order valence-electron chi connectivity index (χ1n) is 10.9. The fraction of sp³-hybridized carbons (Fsp3) is 0.250. The van der Waals surface area contributed by atoms with Crippen molar-refractivity contribution in [3.63, 3.8) is 0 Å². The zero-order valence-corrected chi connectivity index (χ0v) is 19.1. The Morgan fingerprint density at radius 1 is 1.15 bits per heavy atom. The molecular weight excluding hydrogens is 454 g/mol. The Bertz CT molecular complexity index is 1250. The van der Waals surface area contributed by atoms with Crippen molar-refractivity contribution < 1.29 is 19.0 Å². The van der Waals surface area contributed by atoms with E-state index < -0.39 is 5.72 Å². The van der Waals surface area contributed by atoms with Crippen LogP contribution in [0.15, 0.2) is 60.0 Å². The average Bonchev–Trinajstić information content (AvgIpc) is 3.59. The summed E-state index contributed by atoms with van der Waals surface area (Å²) in [6.07, 6.45) is 3.11. The van der Waals surface area contributed by atoms with Crippen molar-refractivity contribution in [2.45, 2.75) is 25.0 Å². The van der Waals surface area contributed by atoms with Gasteiger partial charge in [0.25, 0.3) is 5.72 Å². The first-order chi connectivity index (χ1) is 16.6. The predicted octanol–water partition coefficient (Wildman–Crippen LogP) is 3.48. The SMILES string of the molecule is NC1(c2nn[nH]n2)COc2cccc(C(=O)c3ccc(OCCCCc4cccs4)cc3)c2O1. The molecule has 1 atom stereocenters. The number of para-hydroxylation sites is 1. The van der Waals surface area contributed by atoms with Gasteiger partial charge in [-0.15, -0.1) is 21.5 Å². The maximum absolute atomic E-state index is 13.3. The third kappa shape index (κ3) is 4.63. The van der Waals surface area contributed by atoms with Crippen LogP contribution in [0.1, 0.15) is 39.5 Å². The lowest BCUT2D eigenvalue weighted by Crippen LogP contribution is -2.51. The number of nitrogens with two attached hydrogens (primary N) is 1. The number of unbranched alkanes of at least 4 members (excludes halogenated alkanes) is 1. The van der Waals surface area contributed by atoms with Crippen molar-refractivity contribution in [2.24, 2.45) is 5.73 Å². The smallest absolute Gasteiger partial charge is 0.257 e. The third-order valence-corrected chi connectivity index (χ3v) is 6.39. The number of ketones is 1. The Balaban J connectivity index is 1.24.